The molecule has 0 saturated heterocycles. The van der Waals surface area contributed by atoms with Crippen molar-refractivity contribution in [2.45, 2.75) is 6.54 Å². The zero-order chi connectivity index (χ0) is 7.68. The Morgan fingerprint density at radius 1 is 1.25 bits per heavy atom. The van der Waals surface area contributed by atoms with Crippen LogP contribution >= 0.6 is 12.4 Å². The summed E-state index contributed by atoms with van der Waals surface area (Å²) >= 11 is 0. The standard InChI is InChI=1S/C9H9NO.ClH/c10-6-8-5-7-3-1-2-4-9(7)11-8;/h1-5H,6,10H2;1H. The molecule has 0 fully saturated rings. The maximum Gasteiger partial charge on any atom is 0.134 e. The van der Waals surface area contributed by atoms with Gasteiger partial charge in [0.15, 0.2) is 0 Å². The average molecular weight is 184 g/mol. The molecule has 0 atom stereocenters. The normalized spacial score (nSPS) is 9.75. The van der Waals surface area contributed by atoms with Crippen LogP contribution in [0.4, 0.5) is 0 Å². The van der Waals surface area contributed by atoms with Crippen LogP contribution in [0.1, 0.15) is 5.76 Å². The Morgan fingerprint density at radius 3 is 2.67 bits per heavy atom. The third-order valence-electron chi connectivity index (χ3n) is 1.68. The highest BCUT2D eigenvalue weighted by Crippen LogP contribution is 2.17. The monoisotopic (exact) mass is 183 g/mol. The summed E-state index contributed by atoms with van der Waals surface area (Å²) in [6.07, 6.45) is 0. The summed E-state index contributed by atoms with van der Waals surface area (Å²) in [7, 11) is 0. The molecule has 1 heterocycles. The fourth-order valence-electron chi connectivity index (χ4n) is 1.14. The molecule has 0 aliphatic rings. The summed E-state index contributed by atoms with van der Waals surface area (Å²) in [6, 6.07) is 9.85. The van der Waals surface area contributed by atoms with Crippen LogP contribution in [0.2, 0.25) is 0 Å². The molecule has 1 aromatic carbocycles. The molecule has 0 spiro atoms. The molecule has 0 aliphatic heterocycles. The quantitative estimate of drug-likeness (QED) is 0.737. The number of halogens is 1. The zero-order valence-electron chi connectivity index (χ0n) is 6.49. The molecule has 64 valence electrons. The number of para-hydroxylation sites is 1. The van der Waals surface area contributed by atoms with Crippen LogP contribution in [-0.4, -0.2) is 0 Å². The van der Waals surface area contributed by atoms with Crippen molar-refractivity contribution in [2.24, 2.45) is 5.73 Å². The summed E-state index contributed by atoms with van der Waals surface area (Å²) in [4.78, 5) is 0. The van der Waals surface area contributed by atoms with Crippen molar-refractivity contribution in [3.8, 4) is 0 Å². The second-order valence-electron chi connectivity index (χ2n) is 2.45. The largest absolute Gasteiger partial charge is 0.460 e. The first kappa shape index (κ1) is 9.10. The number of fused-ring (bicyclic) bond motifs is 1. The number of furan rings is 1. The van der Waals surface area contributed by atoms with Crippen LogP contribution in [0, 0.1) is 0 Å². The Hall–Kier alpha value is -0.990. The topological polar surface area (TPSA) is 39.2 Å². The number of hydrogen-bond acceptors (Lipinski definition) is 2. The zero-order valence-corrected chi connectivity index (χ0v) is 7.30. The Balaban J connectivity index is 0.000000720. The summed E-state index contributed by atoms with van der Waals surface area (Å²) in [5.41, 5.74) is 6.33. The maximum absolute atomic E-state index is 5.42. The molecule has 0 saturated carbocycles. The minimum atomic E-state index is 0. The first-order chi connectivity index (χ1) is 5.40. The van der Waals surface area contributed by atoms with Crippen molar-refractivity contribution in [3.05, 3.63) is 36.1 Å². The van der Waals surface area contributed by atoms with E-state index >= 15 is 0 Å². The van der Waals surface area contributed by atoms with Crippen LogP contribution in [0.25, 0.3) is 11.0 Å². The lowest BCUT2D eigenvalue weighted by atomic mass is 10.2. The Kier molecular flexibility index (Phi) is 2.74. The SMILES string of the molecule is Cl.NCc1cc2ccccc2o1. The van der Waals surface area contributed by atoms with Crippen LogP contribution in [-0.2, 0) is 6.54 Å². The van der Waals surface area contributed by atoms with Crippen LogP contribution in [0.15, 0.2) is 34.7 Å². The first-order valence-corrected chi connectivity index (χ1v) is 3.57. The number of nitrogens with two attached hydrogens (primary N) is 1. The number of rotatable bonds is 1. The van der Waals surface area contributed by atoms with E-state index in [2.05, 4.69) is 0 Å². The molecule has 0 aliphatic carbocycles. The lowest BCUT2D eigenvalue weighted by Crippen LogP contribution is -1.92. The predicted octanol–water partition coefficient (Wildman–Crippen LogP) is 2.31. The Labute approximate surface area is 76.8 Å². The Morgan fingerprint density at radius 2 is 2.00 bits per heavy atom. The predicted molar refractivity (Wildman–Crippen MR) is 51.4 cm³/mol. The summed E-state index contributed by atoms with van der Waals surface area (Å²) in [5.74, 6) is 0.839. The fourth-order valence-corrected chi connectivity index (χ4v) is 1.14. The third kappa shape index (κ3) is 1.44. The van der Waals surface area contributed by atoms with E-state index in [9.17, 15) is 0 Å². The van der Waals surface area contributed by atoms with E-state index in [-0.39, 0.29) is 12.4 Å². The van der Waals surface area contributed by atoms with Gasteiger partial charge >= 0.3 is 0 Å². The molecule has 0 amide bonds. The van der Waals surface area contributed by atoms with Crippen LogP contribution < -0.4 is 5.73 Å². The van der Waals surface area contributed by atoms with Crippen LogP contribution in [0.3, 0.4) is 0 Å². The summed E-state index contributed by atoms with van der Waals surface area (Å²) in [5, 5.41) is 1.12. The molecule has 0 bridgehead atoms. The van der Waals surface area contributed by atoms with Gasteiger partial charge in [-0.25, -0.2) is 0 Å². The molecule has 3 heteroatoms. The van der Waals surface area contributed by atoms with Gasteiger partial charge in [0.25, 0.3) is 0 Å². The molecule has 2 rings (SSSR count). The van der Waals surface area contributed by atoms with Crippen molar-refractivity contribution in [3.63, 3.8) is 0 Å². The highest BCUT2D eigenvalue weighted by molar-refractivity contribution is 5.85. The lowest BCUT2D eigenvalue weighted by molar-refractivity contribution is 0.552. The van der Waals surface area contributed by atoms with E-state index in [1.54, 1.807) is 0 Å². The van der Waals surface area contributed by atoms with Crippen molar-refractivity contribution >= 4 is 23.4 Å². The smallest absolute Gasteiger partial charge is 0.134 e. The first-order valence-electron chi connectivity index (χ1n) is 3.57. The van der Waals surface area contributed by atoms with E-state index in [1.807, 2.05) is 30.3 Å². The van der Waals surface area contributed by atoms with E-state index < -0.39 is 0 Å². The van der Waals surface area contributed by atoms with Gasteiger partial charge in [-0.1, -0.05) is 18.2 Å². The van der Waals surface area contributed by atoms with Gasteiger partial charge in [0.1, 0.15) is 11.3 Å². The molecule has 2 aromatic rings. The fraction of sp³-hybridized carbons (Fsp3) is 0.111. The third-order valence-corrected chi connectivity index (χ3v) is 1.68. The molecule has 12 heavy (non-hydrogen) atoms. The molecular formula is C9H10ClNO. The molecule has 2 N–H and O–H groups in total. The van der Waals surface area contributed by atoms with Gasteiger partial charge in [0.2, 0.25) is 0 Å². The minimum absolute atomic E-state index is 0. The highest BCUT2D eigenvalue weighted by atomic mass is 35.5. The number of benzene rings is 1. The van der Waals surface area contributed by atoms with Gasteiger partial charge in [0.05, 0.1) is 6.54 Å². The van der Waals surface area contributed by atoms with E-state index in [4.69, 9.17) is 10.2 Å². The van der Waals surface area contributed by atoms with E-state index in [0.29, 0.717) is 6.54 Å². The van der Waals surface area contributed by atoms with Crippen LogP contribution in [0.5, 0.6) is 0 Å². The highest BCUT2D eigenvalue weighted by Gasteiger charge is 1.98. The molecule has 1 aromatic heterocycles. The summed E-state index contributed by atoms with van der Waals surface area (Å²) in [6.45, 7) is 0.467. The van der Waals surface area contributed by atoms with Gasteiger partial charge in [-0.15, -0.1) is 12.4 Å². The van der Waals surface area contributed by atoms with Gasteiger partial charge in [-0.2, -0.15) is 0 Å². The number of hydrogen-bond donors (Lipinski definition) is 1. The van der Waals surface area contributed by atoms with Crippen molar-refractivity contribution < 1.29 is 4.42 Å². The Bertz CT molecular complexity index is 336. The second kappa shape index (κ2) is 3.61. The molecule has 0 radical (unpaired) electrons. The minimum Gasteiger partial charge on any atom is -0.460 e. The van der Waals surface area contributed by atoms with Gasteiger partial charge < -0.3 is 10.2 Å². The molecular weight excluding hydrogens is 174 g/mol. The van der Waals surface area contributed by atoms with Crippen molar-refractivity contribution in [1.29, 1.82) is 0 Å². The van der Waals surface area contributed by atoms with Gasteiger partial charge in [0, 0.05) is 5.39 Å². The second-order valence-corrected chi connectivity index (χ2v) is 2.45. The van der Waals surface area contributed by atoms with E-state index in [1.165, 1.54) is 0 Å². The van der Waals surface area contributed by atoms with Gasteiger partial charge in [-0.3, -0.25) is 0 Å². The van der Waals surface area contributed by atoms with Crippen molar-refractivity contribution in [1.82, 2.24) is 0 Å². The molecule has 0 unspecified atom stereocenters. The van der Waals surface area contributed by atoms with Gasteiger partial charge in [-0.05, 0) is 12.1 Å². The summed E-state index contributed by atoms with van der Waals surface area (Å²) < 4.78 is 5.39. The molecule has 2 nitrogen and oxygen atoms in total. The van der Waals surface area contributed by atoms with Crippen molar-refractivity contribution in [2.75, 3.05) is 0 Å². The van der Waals surface area contributed by atoms with E-state index in [0.717, 1.165) is 16.7 Å². The average Bonchev–Trinajstić information content (AvgIpc) is 2.46. The lowest BCUT2D eigenvalue weighted by Gasteiger charge is -1.84. The maximum atomic E-state index is 5.42.